The van der Waals surface area contributed by atoms with Gasteiger partial charge in [-0.05, 0) is 35.6 Å². The highest BCUT2D eigenvalue weighted by Crippen LogP contribution is 2.18. The van der Waals surface area contributed by atoms with Crippen molar-refractivity contribution in [3.63, 3.8) is 0 Å². The lowest BCUT2D eigenvalue weighted by molar-refractivity contribution is 0.475. The summed E-state index contributed by atoms with van der Waals surface area (Å²) in [5, 5.41) is 8.63. The van der Waals surface area contributed by atoms with E-state index in [4.69, 9.17) is 5.11 Å². The van der Waals surface area contributed by atoms with Crippen molar-refractivity contribution in [2.24, 2.45) is 0 Å². The van der Waals surface area contributed by atoms with Crippen LogP contribution in [0, 0.1) is 0 Å². The maximum Gasteiger partial charge on any atom is 0.115 e. The van der Waals surface area contributed by atoms with E-state index in [0.717, 1.165) is 6.42 Å². The van der Waals surface area contributed by atoms with Gasteiger partial charge in [-0.3, -0.25) is 0 Å². The molecule has 0 heterocycles. The molecule has 1 nitrogen and oxygen atoms in total. The predicted octanol–water partition coefficient (Wildman–Crippen LogP) is 4.76. The van der Waals surface area contributed by atoms with E-state index >= 15 is 0 Å². The fourth-order valence-corrected chi connectivity index (χ4v) is 1.85. The third-order valence-electron chi connectivity index (χ3n) is 2.81. The molecule has 96 valence electrons. The third-order valence-corrected chi connectivity index (χ3v) is 2.81. The van der Waals surface area contributed by atoms with Crippen LogP contribution in [0.25, 0.3) is 0 Å². The molecule has 0 saturated carbocycles. The van der Waals surface area contributed by atoms with Crippen LogP contribution in [0.3, 0.4) is 0 Å². The van der Waals surface area contributed by atoms with Crippen molar-refractivity contribution in [1.82, 2.24) is 0 Å². The average molecular weight is 242 g/mol. The minimum atomic E-state index is 0.322. The standard InChI is InChI=1S/C11H16.C6H6O/c1-4-10-7-5-6-8-11(10)9(2)3;7-6-4-2-1-3-5-6/h5-9H,4H2,1-3H3;1-5,7H. The summed E-state index contributed by atoms with van der Waals surface area (Å²) in [6, 6.07) is 17.4. The van der Waals surface area contributed by atoms with E-state index in [9.17, 15) is 0 Å². The molecule has 0 aliphatic heterocycles. The van der Waals surface area contributed by atoms with E-state index in [1.54, 1.807) is 24.3 Å². The number of phenolic OH excluding ortho intramolecular Hbond substituents is 1. The van der Waals surface area contributed by atoms with Crippen molar-refractivity contribution >= 4 is 0 Å². The first-order valence-corrected chi connectivity index (χ1v) is 6.47. The third kappa shape index (κ3) is 4.62. The molecule has 0 unspecified atom stereocenters. The first-order chi connectivity index (χ1) is 8.65. The van der Waals surface area contributed by atoms with Gasteiger partial charge in [-0.2, -0.15) is 0 Å². The van der Waals surface area contributed by atoms with Crippen LogP contribution in [0.5, 0.6) is 5.75 Å². The molecule has 2 aromatic carbocycles. The molecule has 2 aromatic rings. The Kier molecular flexibility index (Phi) is 5.99. The van der Waals surface area contributed by atoms with Crippen molar-refractivity contribution in [2.45, 2.75) is 33.1 Å². The van der Waals surface area contributed by atoms with Gasteiger partial charge in [-0.1, -0.05) is 63.2 Å². The minimum Gasteiger partial charge on any atom is -0.508 e. The molecular weight excluding hydrogens is 220 g/mol. The van der Waals surface area contributed by atoms with Gasteiger partial charge in [-0.15, -0.1) is 0 Å². The smallest absolute Gasteiger partial charge is 0.115 e. The fraction of sp³-hybridized carbons (Fsp3) is 0.294. The lowest BCUT2D eigenvalue weighted by atomic mass is 9.96. The number of hydrogen-bond donors (Lipinski definition) is 1. The second-order valence-corrected chi connectivity index (χ2v) is 4.54. The summed E-state index contributed by atoms with van der Waals surface area (Å²) in [6.45, 7) is 6.70. The topological polar surface area (TPSA) is 20.2 Å². The van der Waals surface area contributed by atoms with Crippen LogP contribution in [0.15, 0.2) is 54.6 Å². The summed E-state index contributed by atoms with van der Waals surface area (Å²) in [7, 11) is 0. The predicted molar refractivity (Wildman–Crippen MR) is 78.0 cm³/mol. The van der Waals surface area contributed by atoms with Crippen LogP contribution in [0.1, 0.15) is 37.8 Å². The molecular formula is C17H22O. The minimum absolute atomic E-state index is 0.322. The Hall–Kier alpha value is -1.76. The SMILES string of the molecule is CCc1ccccc1C(C)C.Oc1ccccc1. The molecule has 1 heteroatoms. The Morgan fingerprint density at radius 1 is 0.889 bits per heavy atom. The molecule has 2 rings (SSSR count). The lowest BCUT2D eigenvalue weighted by Gasteiger charge is -2.09. The summed E-state index contributed by atoms with van der Waals surface area (Å²) in [4.78, 5) is 0. The van der Waals surface area contributed by atoms with Crippen molar-refractivity contribution in [2.75, 3.05) is 0 Å². The van der Waals surface area contributed by atoms with E-state index in [1.807, 2.05) is 6.07 Å². The van der Waals surface area contributed by atoms with Gasteiger partial charge in [-0.25, -0.2) is 0 Å². The second kappa shape index (κ2) is 7.54. The summed E-state index contributed by atoms with van der Waals surface area (Å²) >= 11 is 0. The molecule has 0 radical (unpaired) electrons. The molecule has 0 aliphatic rings. The van der Waals surface area contributed by atoms with Crippen LogP contribution < -0.4 is 0 Å². The number of aryl methyl sites for hydroxylation is 1. The van der Waals surface area contributed by atoms with E-state index in [0.29, 0.717) is 11.7 Å². The zero-order valence-electron chi connectivity index (χ0n) is 11.4. The highest BCUT2D eigenvalue weighted by molar-refractivity contribution is 5.29. The van der Waals surface area contributed by atoms with Gasteiger partial charge < -0.3 is 5.11 Å². The molecule has 0 aliphatic carbocycles. The van der Waals surface area contributed by atoms with Gasteiger partial charge in [0.25, 0.3) is 0 Å². The van der Waals surface area contributed by atoms with E-state index < -0.39 is 0 Å². The van der Waals surface area contributed by atoms with Crippen LogP contribution in [-0.4, -0.2) is 5.11 Å². The summed E-state index contributed by atoms with van der Waals surface area (Å²) in [5.74, 6) is 0.980. The van der Waals surface area contributed by atoms with Gasteiger partial charge >= 0.3 is 0 Å². The molecule has 0 bridgehead atoms. The molecule has 0 spiro atoms. The van der Waals surface area contributed by atoms with Gasteiger partial charge in [0.2, 0.25) is 0 Å². The number of hydrogen-bond acceptors (Lipinski definition) is 1. The highest BCUT2D eigenvalue weighted by atomic mass is 16.3. The number of aromatic hydroxyl groups is 1. The molecule has 0 atom stereocenters. The first-order valence-electron chi connectivity index (χ1n) is 6.47. The van der Waals surface area contributed by atoms with E-state index in [2.05, 4.69) is 45.0 Å². The largest absolute Gasteiger partial charge is 0.508 e. The molecule has 0 amide bonds. The number of benzene rings is 2. The van der Waals surface area contributed by atoms with Gasteiger partial charge in [0.05, 0.1) is 0 Å². The zero-order valence-corrected chi connectivity index (χ0v) is 11.4. The molecule has 0 aromatic heterocycles. The highest BCUT2D eigenvalue weighted by Gasteiger charge is 2.02. The fourth-order valence-electron chi connectivity index (χ4n) is 1.85. The summed E-state index contributed by atoms with van der Waals surface area (Å²) < 4.78 is 0. The van der Waals surface area contributed by atoms with Crippen LogP contribution in [0.4, 0.5) is 0 Å². The number of rotatable bonds is 2. The monoisotopic (exact) mass is 242 g/mol. The number of para-hydroxylation sites is 1. The first kappa shape index (κ1) is 14.3. The summed E-state index contributed by atoms with van der Waals surface area (Å²) in [5.41, 5.74) is 2.98. The van der Waals surface area contributed by atoms with Crippen LogP contribution in [0.2, 0.25) is 0 Å². The number of phenols is 1. The quantitative estimate of drug-likeness (QED) is 0.804. The normalized spacial score (nSPS) is 9.78. The van der Waals surface area contributed by atoms with Gasteiger partial charge in [0, 0.05) is 0 Å². The van der Waals surface area contributed by atoms with Crippen molar-refractivity contribution < 1.29 is 5.11 Å². The van der Waals surface area contributed by atoms with Crippen molar-refractivity contribution in [1.29, 1.82) is 0 Å². The van der Waals surface area contributed by atoms with Gasteiger partial charge in [0.1, 0.15) is 5.75 Å². The molecule has 18 heavy (non-hydrogen) atoms. The van der Waals surface area contributed by atoms with E-state index in [-0.39, 0.29) is 0 Å². The molecule has 1 N–H and O–H groups in total. The van der Waals surface area contributed by atoms with Crippen molar-refractivity contribution in [3.05, 3.63) is 65.7 Å². The lowest BCUT2D eigenvalue weighted by Crippen LogP contribution is -1.93. The maximum atomic E-state index is 8.63. The Morgan fingerprint density at radius 3 is 1.83 bits per heavy atom. The molecule has 0 saturated heterocycles. The second-order valence-electron chi connectivity index (χ2n) is 4.54. The van der Waals surface area contributed by atoms with E-state index in [1.165, 1.54) is 11.1 Å². The Morgan fingerprint density at radius 2 is 1.44 bits per heavy atom. The molecule has 0 fully saturated rings. The average Bonchev–Trinajstić information content (AvgIpc) is 2.40. The van der Waals surface area contributed by atoms with Crippen molar-refractivity contribution in [3.8, 4) is 5.75 Å². The Bertz CT molecular complexity index is 446. The Labute approximate surface area is 110 Å². The summed E-state index contributed by atoms with van der Waals surface area (Å²) in [6.07, 6.45) is 1.15. The Balaban J connectivity index is 0.000000199. The maximum absolute atomic E-state index is 8.63. The zero-order chi connectivity index (χ0) is 13.4. The van der Waals surface area contributed by atoms with Crippen LogP contribution >= 0.6 is 0 Å². The van der Waals surface area contributed by atoms with Crippen LogP contribution in [-0.2, 0) is 6.42 Å². The van der Waals surface area contributed by atoms with Gasteiger partial charge in [0.15, 0.2) is 0 Å².